The second-order valence-corrected chi connectivity index (χ2v) is 9.39. The number of nitrogens with zero attached hydrogens (tertiary/aromatic N) is 1. The zero-order valence-electron chi connectivity index (χ0n) is 14.4. The molecule has 1 saturated heterocycles. The van der Waals surface area contributed by atoms with Crippen molar-refractivity contribution in [3.63, 3.8) is 0 Å². The van der Waals surface area contributed by atoms with E-state index in [0.29, 0.717) is 33.4 Å². The molecule has 0 saturated carbocycles. The van der Waals surface area contributed by atoms with Crippen LogP contribution >= 0.6 is 22.9 Å². The number of benzene rings is 1. The lowest BCUT2D eigenvalue weighted by Gasteiger charge is -2.17. The molecular weight excluding hydrogens is 408 g/mol. The number of anilines is 1. The largest absolute Gasteiger partial charge is 0.311 e. The predicted molar refractivity (Wildman–Crippen MR) is 108 cm³/mol. The fraction of sp³-hybridized carbons (Fsp3) is 0.222. The van der Waals surface area contributed by atoms with E-state index in [1.165, 1.54) is 29.2 Å². The molecule has 0 radical (unpaired) electrons. The smallest absolute Gasteiger partial charge is 0.245 e. The first-order chi connectivity index (χ1) is 12.7. The van der Waals surface area contributed by atoms with Crippen molar-refractivity contribution in [1.29, 1.82) is 0 Å². The highest BCUT2D eigenvalue weighted by molar-refractivity contribution is 7.92. The number of nitrogens with one attached hydrogen (secondary N) is 1. The van der Waals surface area contributed by atoms with Crippen LogP contribution in [-0.2, 0) is 14.8 Å². The Hall–Kier alpha value is -2.00. The number of carbonyl (C=O) groups excluding carboxylic acids is 2. The van der Waals surface area contributed by atoms with Crippen LogP contribution in [0.2, 0.25) is 4.34 Å². The Kier molecular flexibility index (Phi) is 5.81. The number of sulfonamides is 1. The number of halogens is 1. The maximum Gasteiger partial charge on any atom is 0.245 e. The van der Waals surface area contributed by atoms with Gasteiger partial charge in [0.15, 0.2) is 5.78 Å². The Morgan fingerprint density at radius 1 is 1.26 bits per heavy atom. The van der Waals surface area contributed by atoms with Gasteiger partial charge >= 0.3 is 0 Å². The highest BCUT2D eigenvalue weighted by Crippen LogP contribution is 2.24. The summed E-state index contributed by atoms with van der Waals surface area (Å²) in [5.41, 5.74) is 1.19. The second kappa shape index (κ2) is 7.93. The van der Waals surface area contributed by atoms with Gasteiger partial charge in [0.1, 0.15) is 6.04 Å². The van der Waals surface area contributed by atoms with Gasteiger partial charge in [0.05, 0.1) is 4.34 Å². The van der Waals surface area contributed by atoms with E-state index in [9.17, 15) is 18.0 Å². The molecule has 1 atom stereocenters. The number of thiophene rings is 1. The maximum absolute atomic E-state index is 12.6. The standard InChI is InChI=1S/C18H17ClN2O4S2/c1-12(22)13-2-4-14(5-3-13)21-10-8-16(18(21)23)20-27(24,25)11-9-15-6-7-17(19)26-15/h2-7,9,11,16,20H,8,10H2,1H3/t16-/m0/s1. The molecule has 1 aliphatic heterocycles. The van der Waals surface area contributed by atoms with Gasteiger partial charge in [0, 0.05) is 28.1 Å². The summed E-state index contributed by atoms with van der Waals surface area (Å²) >= 11 is 7.08. The molecular formula is C18H17ClN2O4S2. The van der Waals surface area contributed by atoms with Crippen LogP contribution in [0.15, 0.2) is 41.8 Å². The van der Waals surface area contributed by atoms with Gasteiger partial charge in [-0.2, -0.15) is 4.72 Å². The monoisotopic (exact) mass is 424 g/mol. The molecule has 9 heteroatoms. The molecule has 0 bridgehead atoms. The quantitative estimate of drug-likeness (QED) is 0.721. The Labute approximate surface area is 166 Å². The van der Waals surface area contributed by atoms with Crippen molar-refractivity contribution in [2.24, 2.45) is 0 Å². The first kappa shape index (κ1) is 19.8. The highest BCUT2D eigenvalue weighted by atomic mass is 35.5. The van der Waals surface area contributed by atoms with E-state index in [-0.39, 0.29) is 11.7 Å². The third-order valence-electron chi connectivity index (χ3n) is 4.10. The number of ketones is 1. The molecule has 1 N–H and O–H groups in total. The van der Waals surface area contributed by atoms with Gasteiger partial charge in [-0.05, 0) is 55.8 Å². The lowest BCUT2D eigenvalue weighted by Crippen LogP contribution is -2.40. The molecule has 2 aromatic rings. The number of hydrogen-bond acceptors (Lipinski definition) is 5. The Morgan fingerprint density at radius 2 is 1.96 bits per heavy atom. The highest BCUT2D eigenvalue weighted by Gasteiger charge is 2.34. The second-order valence-electron chi connectivity index (χ2n) is 6.04. The molecule has 0 aliphatic carbocycles. The van der Waals surface area contributed by atoms with Crippen molar-refractivity contribution >= 4 is 56.4 Å². The predicted octanol–water partition coefficient (Wildman–Crippen LogP) is 3.30. The summed E-state index contributed by atoms with van der Waals surface area (Å²) in [5, 5.41) is 1.03. The summed E-state index contributed by atoms with van der Waals surface area (Å²) < 4.78 is 27.5. The molecule has 0 unspecified atom stereocenters. The van der Waals surface area contributed by atoms with E-state index < -0.39 is 16.1 Å². The van der Waals surface area contributed by atoms with E-state index in [4.69, 9.17) is 11.6 Å². The van der Waals surface area contributed by atoms with Crippen LogP contribution in [0.25, 0.3) is 6.08 Å². The Balaban J connectivity index is 1.67. The third kappa shape index (κ3) is 4.84. The zero-order chi connectivity index (χ0) is 19.6. The fourth-order valence-electron chi connectivity index (χ4n) is 2.73. The van der Waals surface area contributed by atoms with Gasteiger partial charge in [0.2, 0.25) is 15.9 Å². The molecule has 3 rings (SSSR count). The lowest BCUT2D eigenvalue weighted by molar-refractivity contribution is -0.118. The van der Waals surface area contributed by atoms with E-state index in [1.54, 1.807) is 36.4 Å². The Morgan fingerprint density at radius 3 is 2.56 bits per heavy atom. The summed E-state index contributed by atoms with van der Waals surface area (Å²) in [5.74, 6) is -0.375. The van der Waals surface area contributed by atoms with E-state index in [2.05, 4.69) is 4.72 Å². The minimum absolute atomic E-state index is 0.0567. The van der Waals surface area contributed by atoms with Gasteiger partial charge in [0.25, 0.3) is 0 Å². The summed E-state index contributed by atoms with van der Waals surface area (Å²) in [4.78, 5) is 26.1. The van der Waals surface area contributed by atoms with Gasteiger partial charge in [-0.1, -0.05) is 11.6 Å². The van der Waals surface area contributed by atoms with Crippen LogP contribution < -0.4 is 9.62 Å². The molecule has 6 nitrogen and oxygen atoms in total. The average molecular weight is 425 g/mol. The number of carbonyl (C=O) groups is 2. The number of hydrogen-bond donors (Lipinski definition) is 1. The molecule has 1 aliphatic rings. The van der Waals surface area contributed by atoms with Crippen LogP contribution in [0.5, 0.6) is 0 Å². The van der Waals surface area contributed by atoms with Crippen LogP contribution in [-0.4, -0.2) is 32.7 Å². The lowest BCUT2D eigenvalue weighted by atomic mass is 10.1. The fourth-order valence-corrected chi connectivity index (χ4v) is 4.80. The minimum atomic E-state index is -3.77. The maximum atomic E-state index is 12.6. The van der Waals surface area contributed by atoms with Crippen LogP contribution in [0.1, 0.15) is 28.6 Å². The zero-order valence-corrected chi connectivity index (χ0v) is 16.8. The molecule has 0 spiro atoms. The average Bonchev–Trinajstić information content (AvgIpc) is 3.19. The van der Waals surface area contributed by atoms with Crippen molar-refractivity contribution in [3.05, 3.63) is 56.6 Å². The van der Waals surface area contributed by atoms with Gasteiger partial charge in [-0.3, -0.25) is 9.59 Å². The normalized spacial score (nSPS) is 17.8. The van der Waals surface area contributed by atoms with Crippen molar-refractivity contribution < 1.29 is 18.0 Å². The van der Waals surface area contributed by atoms with Crippen LogP contribution in [0, 0.1) is 0 Å². The van der Waals surface area contributed by atoms with Crippen molar-refractivity contribution in [1.82, 2.24) is 4.72 Å². The van der Waals surface area contributed by atoms with Crippen molar-refractivity contribution in [2.45, 2.75) is 19.4 Å². The molecule has 1 aromatic carbocycles. The van der Waals surface area contributed by atoms with E-state index in [1.807, 2.05) is 0 Å². The molecule has 2 heterocycles. The summed E-state index contributed by atoms with van der Waals surface area (Å²) in [6, 6.07) is 9.25. The van der Waals surface area contributed by atoms with Gasteiger partial charge in [-0.15, -0.1) is 11.3 Å². The summed E-state index contributed by atoms with van der Waals surface area (Å²) in [7, 11) is -3.77. The van der Waals surface area contributed by atoms with Gasteiger partial charge in [-0.25, -0.2) is 8.42 Å². The van der Waals surface area contributed by atoms with E-state index in [0.717, 1.165) is 5.41 Å². The summed E-state index contributed by atoms with van der Waals surface area (Å²) in [6.45, 7) is 1.87. The van der Waals surface area contributed by atoms with E-state index >= 15 is 0 Å². The van der Waals surface area contributed by atoms with Crippen LogP contribution in [0.3, 0.4) is 0 Å². The molecule has 1 amide bonds. The van der Waals surface area contributed by atoms with Gasteiger partial charge < -0.3 is 4.90 Å². The molecule has 1 aromatic heterocycles. The first-order valence-electron chi connectivity index (χ1n) is 8.13. The first-order valence-corrected chi connectivity index (χ1v) is 10.9. The molecule has 27 heavy (non-hydrogen) atoms. The van der Waals surface area contributed by atoms with Crippen molar-refractivity contribution in [3.8, 4) is 0 Å². The summed E-state index contributed by atoms with van der Waals surface area (Å²) in [6.07, 6.45) is 1.81. The topological polar surface area (TPSA) is 83.6 Å². The number of amides is 1. The number of rotatable bonds is 6. The molecule has 142 valence electrons. The minimum Gasteiger partial charge on any atom is -0.311 e. The SMILES string of the molecule is CC(=O)c1ccc(N2CC[C@H](NS(=O)(=O)C=Cc3ccc(Cl)s3)C2=O)cc1. The Bertz CT molecular complexity index is 997. The van der Waals surface area contributed by atoms with Crippen LogP contribution in [0.4, 0.5) is 5.69 Å². The molecule has 1 fully saturated rings. The van der Waals surface area contributed by atoms with Crippen molar-refractivity contribution in [2.75, 3.05) is 11.4 Å². The number of Topliss-reactive ketones (excluding diaryl/α,β-unsaturated/α-hetero) is 1. The third-order valence-corrected chi connectivity index (χ3v) is 6.41.